The Morgan fingerprint density at radius 3 is 2.68 bits per heavy atom. The number of rotatable bonds is 3. The monoisotopic (exact) mass is 341 g/mol. The topological polar surface area (TPSA) is 57.0 Å². The molecule has 0 spiro atoms. The molecule has 2 aromatic rings. The number of aromatic nitrogens is 1. The molecule has 2 heterocycles. The largest absolute Gasteiger partial charge is 0.465 e. The molecule has 0 fully saturated rings. The summed E-state index contributed by atoms with van der Waals surface area (Å²) in [5.74, 6) is -0.582. The van der Waals surface area contributed by atoms with E-state index in [0.29, 0.717) is 5.56 Å². The van der Waals surface area contributed by atoms with Gasteiger partial charge in [0.25, 0.3) is 0 Å². The van der Waals surface area contributed by atoms with Crippen molar-refractivity contribution in [1.82, 2.24) is 4.40 Å². The minimum Gasteiger partial charge on any atom is -0.465 e. The third-order valence-electron chi connectivity index (χ3n) is 4.17. The van der Waals surface area contributed by atoms with E-state index in [1.807, 2.05) is 31.2 Å². The lowest BCUT2D eigenvalue weighted by molar-refractivity contribution is -0.153. The minimum atomic E-state index is -0.490. The summed E-state index contributed by atoms with van der Waals surface area (Å²) < 4.78 is 12.3. The standard InChI is InChI=1S/C20H23NO4/c1-20(2,3)25-18(22)10-13-6-5-7-17-16(13)11-15-9-8-14(12-21(15)17)19(23)24-4/h6,8-9,11-12H,5,7,10H2,1-4H3. The van der Waals surface area contributed by atoms with Crippen molar-refractivity contribution in [2.24, 2.45) is 0 Å². The maximum absolute atomic E-state index is 12.2. The van der Waals surface area contributed by atoms with Crippen LogP contribution in [0.5, 0.6) is 0 Å². The first-order valence-electron chi connectivity index (χ1n) is 8.42. The Bertz CT molecular complexity index is 868. The van der Waals surface area contributed by atoms with Gasteiger partial charge in [-0.2, -0.15) is 0 Å². The van der Waals surface area contributed by atoms with Gasteiger partial charge in [0.05, 0.1) is 19.1 Å². The molecular weight excluding hydrogens is 318 g/mol. The van der Waals surface area contributed by atoms with Gasteiger partial charge >= 0.3 is 11.9 Å². The molecule has 5 heteroatoms. The molecule has 1 aliphatic carbocycles. The van der Waals surface area contributed by atoms with Gasteiger partial charge in [-0.05, 0) is 62.9 Å². The molecule has 0 aromatic carbocycles. The number of hydrogen-bond donors (Lipinski definition) is 0. The number of methoxy groups -OCH3 is 1. The van der Waals surface area contributed by atoms with Gasteiger partial charge in [0, 0.05) is 17.4 Å². The van der Waals surface area contributed by atoms with Gasteiger partial charge in [0.15, 0.2) is 0 Å². The summed E-state index contributed by atoms with van der Waals surface area (Å²) in [4.78, 5) is 24.0. The third kappa shape index (κ3) is 3.60. The lowest BCUT2D eigenvalue weighted by Crippen LogP contribution is -2.24. The number of allylic oxidation sites excluding steroid dienone is 1. The van der Waals surface area contributed by atoms with Crippen LogP contribution in [-0.4, -0.2) is 29.1 Å². The maximum atomic E-state index is 12.2. The SMILES string of the molecule is COC(=O)c1ccc2cc3c(n2c1)CCC=C3CC(=O)OC(C)(C)C. The average molecular weight is 341 g/mol. The number of carbonyl (C=O) groups excluding carboxylic acids is 2. The maximum Gasteiger partial charge on any atom is 0.339 e. The fraction of sp³-hybridized carbons (Fsp3) is 0.400. The van der Waals surface area contributed by atoms with Crippen LogP contribution in [-0.2, 0) is 20.7 Å². The Balaban J connectivity index is 1.94. The number of pyridine rings is 1. The zero-order valence-corrected chi connectivity index (χ0v) is 15.1. The van der Waals surface area contributed by atoms with E-state index in [1.54, 1.807) is 12.3 Å². The highest BCUT2D eigenvalue weighted by molar-refractivity contribution is 5.91. The van der Waals surface area contributed by atoms with Gasteiger partial charge in [0.2, 0.25) is 0 Å². The quantitative estimate of drug-likeness (QED) is 0.797. The molecule has 5 nitrogen and oxygen atoms in total. The van der Waals surface area contributed by atoms with Crippen molar-refractivity contribution in [3.63, 3.8) is 0 Å². The number of aryl methyl sites for hydroxylation is 1. The van der Waals surface area contributed by atoms with Crippen molar-refractivity contribution in [3.05, 3.63) is 47.3 Å². The number of hydrogen-bond acceptors (Lipinski definition) is 4. The van der Waals surface area contributed by atoms with Crippen LogP contribution in [0.4, 0.5) is 0 Å². The van der Waals surface area contributed by atoms with E-state index in [1.165, 1.54) is 7.11 Å². The summed E-state index contributed by atoms with van der Waals surface area (Å²) in [5.41, 5.74) is 4.17. The van der Waals surface area contributed by atoms with Gasteiger partial charge in [-0.25, -0.2) is 4.79 Å². The van der Waals surface area contributed by atoms with E-state index in [-0.39, 0.29) is 18.4 Å². The first-order valence-corrected chi connectivity index (χ1v) is 8.42. The van der Waals surface area contributed by atoms with Crippen LogP contribution in [0.15, 0.2) is 30.5 Å². The van der Waals surface area contributed by atoms with Crippen LogP contribution in [0.2, 0.25) is 0 Å². The van der Waals surface area contributed by atoms with Crippen molar-refractivity contribution in [2.75, 3.05) is 7.11 Å². The summed E-state index contributed by atoms with van der Waals surface area (Å²) in [7, 11) is 1.37. The van der Waals surface area contributed by atoms with E-state index in [4.69, 9.17) is 9.47 Å². The van der Waals surface area contributed by atoms with Crippen LogP contribution in [0.3, 0.4) is 0 Å². The minimum absolute atomic E-state index is 0.225. The van der Waals surface area contributed by atoms with E-state index in [9.17, 15) is 9.59 Å². The van der Waals surface area contributed by atoms with Crippen molar-refractivity contribution >= 4 is 23.0 Å². The summed E-state index contributed by atoms with van der Waals surface area (Å²) in [6.45, 7) is 5.60. The molecule has 2 aromatic heterocycles. The number of ether oxygens (including phenoxy) is 2. The molecule has 25 heavy (non-hydrogen) atoms. The summed E-state index contributed by atoms with van der Waals surface area (Å²) in [5, 5.41) is 0. The Morgan fingerprint density at radius 1 is 1.24 bits per heavy atom. The van der Waals surface area contributed by atoms with E-state index in [0.717, 1.165) is 35.2 Å². The molecule has 0 unspecified atom stereocenters. The van der Waals surface area contributed by atoms with Gasteiger partial charge < -0.3 is 13.9 Å². The summed E-state index contributed by atoms with van der Waals surface area (Å²) >= 11 is 0. The molecule has 0 saturated carbocycles. The van der Waals surface area contributed by atoms with E-state index in [2.05, 4.69) is 12.1 Å². The summed E-state index contributed by atoms with van der Waals surface area (Å²) in [6, 6.07) is 5.71. The predicted molar refractivity (Wildman–Crippen MR) is 95.5 cm³/mol. The molecular formula is C20H23NO4. The average Bonchev–Trinajstić information content (AvgIpc) is 2.91. The van der Waals surface area contributed by atoms with E-state index < -0.39 is 5.60 Å². The highest BCUT2D eigenvalue weighted by Crippen LogP contribution is 2.32. The lowest BCUT2D eigenvalue weighted by Gasteiger charge is -2.21. The molecule has 0 atom stereocenters. The van der Waals surface area contributed by atoms with Crippen molar-refractivity contribution in [1.29, 1.82) is 0 Å². The molecule has 0 bridgehead atoms. The lowest BCUT2D eigenvalue weighted by atomic mass is 9.94. The smallest absolute Gasteiger partial charge is 0.339 e. The number of carbonyl (C=O) groups is 2. The Morgan fingerprint density at radius 2 is 2.00 bits per heavy atom. The summed E-state index contributed by atoms with van der Waals surface area (Å²) in [6.07, 6.45) is 5.89. The normalized spacial score (nSPS) is 14.0. The Labute approximate surface area is 147 Å². The number of esters is 2. The zero-order valence-electron chi connectivity index (χ0n) is 15.1. The first-order chi connectivity index (χ1) is 11.8. The van der Waals surface area contributed by atoms with E-state index >= 15 is 0 Å². The van der Waals surface area contributed by atoms with Gasteiger partial charge in [-0.15, -0.1) is 0 Å². The van der Waals surface area contributed by atoms with Gasteiger partial charge in [-0.1, -0.05) is 6.08 Å². The molecule has 132 valence electrons. The van der Waals surface area contributed by atoms with Crippen molar-refractivity contribution in [2.45, 2.75) is 45.6 Å². The molecule has 0 N–H and O–H groups in total. The fourth-order valence-electron chi connectivity index (χ4n) is 3.19. The molecule has 1 aliphatic rings. The van der Waals surface area contributed by atoms with Crippen LogP contribution in [0, 0.1) is 0 Å². The molecule has 0 saturated heterocycles. The fourth-order valence-corrected chi connectivity index (χ4v) is 3.19. The van der Waals surface area contributed by atoms with Crippen LogP contribution in [0.1, 0.15) is 55.2 Å². The van der Waals surface area contributed by atoms with Crippen molar-refractivity contribution in [3.8, 4) is 0 Å². The molecule has 0 amide bonds. The first kappa shape index (κ1) is 17.3. The zero-order chi connectivity index (χ0) is 18.2. The Kier molecular flexibility index (Phi) is 4.41. The second-order valence-electron chi connectivity index (χ2n) is 7.24. The Hall–Kier alpha value is -2.56. The number of fused-ring (bicyclic) bond motifs is 3. The highest BCUT2D eigenvalue weighted by atomic mass is 16.6. The molecule has 3 rings (SSSR count). The highest BCUT2D eigenvalue weighted by Gasteiger charge is 2.23. The molecule has 0 radical (unpaired) electrons. The van der Waals surface area contributed by atoms with Crippen LogP contribution in [0.25, 0.3) is 11.1 Å². The third-order valence-corrected chi connectivity index (χ3v) is 4.17. The van der Waals surface area contributed by atoms with Crippen LogP contribution < -0.4 is 0 Å². The van der Waals surface area contributed by atoms with Crippen LogP contribution >= 0.6 is 0 Å². The van der Waals surface area contributed by atoms with Crippen molar-refractivity contribution < 1.29 is 19.1 Å². The number of nitrogens with zero attached hydrogens (tertiary/aromatic N) is 1. The van der Waals surface area contributed by atoms with Gasteiger partial charge in [-0.3, -0.25) is 4.79 Å². The molecule has 0 aliphatic heterocycles. The predicted octanol–water partition coefficient (Wildman–Crippen LogP) is 3.79. The second-order valence-corrected chi connectivity index (χ2v) is 7.24. The second kappa shape index (κ2) is 6.39. The van der Waals surface area contributed by atoms with Gasteiger partial charge in [0.1, 0.15) is 5.60 Å².